The monoisotopic (exact) mass is 752 g/mol. The normalized spacial score (nSPS) is 16.1. The van der Waals surface area contributed by atoms with Crippen molar-refractivity contribution < 1.29 is 8.83 Å². The van der Waals surface area contributed by atoms with Crippen LogP contribution in [-0.2, 0) is 0 Å². The molecule has 0 radical (unpaired) electrons. The van der Waals surface area contributed by atoms with Crippen molar-refractivity contribution in [2.24, 2.45) is 0 Å². The highest BCUT2D eigenvalue weighted by Gasteiger charge is 2.27. The third-order valence-corrected chi connectivity index (χ3v) is 14.1. The Kier molecular flexibility index (Phi) is 7.13. The van der Waals surface area contributed by atoms with Crippen LogP contribution in [0.15, 0.2) is 142 Å². The van der Waals surface area contributed by atoms with Gasteiger partial charge in [0.1, 0.15) is 22.3 Å². The highest BCUT2D eigenvalue weighted by molar-refractivity contribution is 6.17. The molecule has 4 nitrogen and oxygen atoms in total. The number of hydrogen-bond acceptors (Lipinski definition) is 2. The zero-order chi connectivity index (χ0) is 37.9. The van der Waals surface area contributed by atoms with Crippen LogP contribution in [-0.4, -0.2) is 9.13 Å². The van der Waals surface area contributed by atoms with Crippen LogP contribution >= 0.6 is 0 Å². The van der Waals surface area contributed by atoms with E-state index in [1.54, 1.807) is 0 Å². The number of fused-ring (bicyclic) bond motifs is 12. The van der Waals surface area contributed by atoms with E-state index in [-0.39, 0.29) is 0 Å². The number of nitrogens with zero attached hydrogens (tertiary/aromatic N) is 2. The highest BCUT2D eigenvalue weighted by Crippen LogP contribution is 2.46. The van der Waals surface area contributed by atoms with Gasteiger partial charge in [0.15, 0.2) is 0 Å². The molecule has 7 aromatic carbocycles. The molecule has 4 heteroatoms. The SMILES string of the molecule is c1ccc2c(c1)c1ccccc1n2-c1cc2c(cc1C1CCCCC1)oc1cc3c(cc12)oc1cc(C2CCCCC2)c(-n2c4ccccc4c4ccccc42)cc13. The van der Waals surface area contributed by atoms with Crippen LogP contribution in [0.4, 0.5) is 0 Å². The summed E-state index contributed by atoms with van der Waals surface area (Å²) in [6.07, 6.45) is 12.6. The lowest BCUT2D eigenvalue weighted by molar-refractivity contribution is 0.443. The zero-order valence-electron chi connectivity index (χ0n) is 32.6. The molecule has 0 saturated heterocycles. The van der Waals surface area contributed by atoms with Crippen LogP contribution < -0.4 is 0 Å². The van der Waals surface area contributed by atoms with Gasteiger partial charge >= 0.3 is 0 Å². The first-order valence-corrected chi connectivity index (χ1v) is 21.6. The lowest BCUT2D eigenvalue weighted by Gasteiger charge is -2.25. The second-order valence-corrected chi connectivity index (χ2v) is 17.3. The first-order valence-electron chi connectivity index (χ1n) is 21.6. The summed E-state index contributed by atoms with van der Waals surface area (Å²) in [6.45, 7) is 0. The molecule has 0 unspecified atom stereocenters. The summed E-state index contributed by atoms with van der Waals surface area (Å²) in [5, 5.41) is 9.67. The number of para-hydroxylation sites is 4. The van der Waals surface area contributed by atoms with E-state index in [0.29, 0.717) is 11.8 Å². The fourth-order valence-corrected chi connectivity index (χ4v) is 11.4. The molecular weight excluding hydrogens is 709 g/mol. The summed E-state index contributed by atoms with van der Waals surface area (Å²) >= 11 is 0. The number of aromatic nitrogens is 2. The molecule has 0 spiro atoms. The van der Waals surface area contributed by atoms with E-state index in [0.717, 1.165) is 43.9 Å². The first-order chi connectivity index (χ1) is 28.8. The van der Waals surface area contributed by atoms with Gasteiger partial charge in [0.2, 0.25) is 0 Å². The molecule has 2 aliphatic carbocycles. The van der Waals surface area contributed by atoms with E-state index in [2.05, 4.69) is 143 Å². The molecule has 4 heterocycles. The van der Waals surface area contributed by atoms with Crippen LogP contribution in [0.25, 0.3) is 98.9 Å². The highest BCUT2D eigenvalue weighted by atomic mass is 16.3. The van der Waals surface area contributed by atoms with Crippen molar-refractivity contribution >= 4 is 87.5 Å². The van der Waals surface area contributed by atoms with Gasteiger partial charge in [0.25, 0.3) is 0 Å². The van der Waals surface area contributed by atoms with Gasteiger partial charge in [-0.15, -0.1) is 0 Å². The van der Waals surface area contributed by atoms with E-state index in [9.17, 15) is 0 Å². The molecule has 0 N–H and O–H groups in total. The quantitative estimate of drug-likeness (QED) is 0.179. The van der Waals surface area contributed by atoms with Crippen molar-refractivity contribution in [2.45, 2.75) is 76.0 Å². The molecule has 2 aliphatic rings. The number of hydrogen-bond donors (Lipinski definition) is 0. The van der Waals surface area contributed by atoms with E-state index in [1.165, 1.54) is 130 Å². The minimum absolute atomic E-state index is 0.499. The van der Waals surface area contributed by atoms with Crippen LogP contribution in [0.5, 0.6) is 0 Å². The predicted molar refractivity (Wildman–Crippen MR) is 241 cm³/mol. The van der Waals surface area contributed by atoms with Crippen molar-refractivity contribution in [3.05, 3.63) is 145 Å². The van der Waals surface area contributed by atoms with Crippen LogP contribution in [0.1, 0.15) is 87.2 Å². The fraction of sp³-hybridized carbons (Fsp3) is 0.222. The molecular formula is C54H44N2O2. The Hall–Kier alpha value is -6.26. The minimum Gasteiger partial charge on any atom is -0.456 e. The van der Waals surface area contributed by atoms with E-state index >= 15 is 0 Å². The maximum Gasteiger partial charge on any atom is 0.136 e. The van der Waals surface area contributed by atoms with Gasteiger partial charge in [0.05, 0.1) is 33.4 Å². The maximum atomic E-state index is 6.94. The maximum absolute atomic E-state index is 6.94. The van der Waals surface area contributed by atoms with Gasteiger partial charge in [-0.1, -0.05) is 111 Å². The van der Waals surface area contributed by atoms with Crippen LogP contribution in [0.2, 0.25) is 0 Å². The lowest BCUT2D eigenvalue weighted by Crippen LogP contribution is -2.09. The topological polar surface area (TPSA) is 36.1 Å². The van der Waals surface area contributed by atoms with Crippen molar-refractivity contribution in [2.75, 3.05) is 0 Å². The molecule has 0 atom stereocenters. The third kappa shape index (κ3) is 4.75. The van der Waals surface area contributed by atoms with E-state index in [4.69, 9.17) is 8.83 Å². The molecule has 0 amide bonds. The molecule has 13 rings (SSSR count). The van der Waals surface area contributed by atoms with Gasteiger partial charge in [-0.2, -0.15) is 0 Å². The average Bonchev–Trinajstić information content (AvgIpc) is 4.02. The Morgan fingerprint density at radius 2 is 0.638 bits per heavy atom. The second-order valence-electron chi connectivity index (χ2n) is 17.3. The Morgan fingerprint density at radius 1 is 0.328 bits per heavy atom. The Morgan fingerprint density at radius 3 is 1.00 bits per heavy atom. The molecule has 11 aromatic rings. The molecule has 0 bridgehead atoms. The zero-order valence-corrected chi connectivity index (χ0v) is 32.6. The number of rotatable bonds is 4. The summed E-state index contributed by atoms with van der Waals surface area (Å²) in [6, 6.07) is 49.7. The number of benzene rings is 7. The van der Waals surface area contributed by atoms with E-state index in [1.807, 2.05) is 0 Å². The summed E-state index contributed by atoms with van der Waals surface area (Å²) in [5.41, 5.74) is 14.1. The van der Waals surface area contributed by atoms with Crippen LogP contribution in [0, 0.1) is 0 Å². The molecule has 2 saturated carbocycles. The van der Waals surface area contributed by atoms with Gasteiger partial charge < -0.3 is 18.0 Å². The third-order valence-electron chi connectivity index (χ3n) is 14.1. The molecule has 4 aromatic heterocycles. The van der Waals surface area contributed by atoms with Crippen LogP contribution in [0.3, 0.4) is 0 Å². The lowest BCUT2D eigenvalue weighted by atomic mass is 9.83. The smallest absolute Gasteiger partial charge is 0.136 e. The largest absolute Gasteiger partial charge is 0.456 e. The van der Waals surface area contributed by atoms with Gasteiger partial charge in [-0.25, -0.2) is 0 Å². The molecule has 0 aliphatic heterocycles. The molecule has 282 valence electrons. The number of furan rings is 2. The fourth-order valence-electron chi connectivity index (χ4n) is 11.4. The van der Waals surface area contributed by atoms with Gasteiger partial charge in [-0.05, 0) is 109 Å². The van der Waals surface area contributed by atoms with Crippen molar-refractivity contribution in [3.63, 3.8) is 0 Å². The Balaban J connectivity index is 1.07. The summed E-state index contributed by atoms with van der Waals surface area (Å²) in [5.74, 6) is 0.998. The summed E-state index contributed by atoms with van der Waals surface area (Å²) < 4.78 is 18.9. The summed E-state index contributed by atoms with van der Waals surface area (Å²) in [7, 11) is 0. The Labute approximate surface area is 336 Å². The standard InChI is InChI=1S/C54H44N2O2/c1-3-15-33(16-4-1)39-29-51-41(27-49(39)55-45-23-11-7-19-35(45)36-20-8-12-24-46(36)55)43-31-54-44(32-53(43)57-51)42-28-50(40(30-52(42)58-54)34-17-5-2-6-18-34)56-47-25-13-9-21-37(47)38-22-10-14-26-48(38)56/h7-14,19-34H,1-6,15-18H2. The van der Waals surface area contributed by atoms with Crippen molar-refractivity contribution in [3.8, 4) is 11.4 Å². The van der Waals surface area contributed by atoms with E-state index < -0.39 is 0 Å². The predicted octanol–water partition coefficient (Wildman–Crippen LogP) is 15.8. The van der Waals surface area contributed by atoms with Crippen molar-refractivity contribution in [1.82, 2.24) is 9.13 Å². The summed E-state index contributed by atoms with van der Waals surface area (Å²) in [4.78, 5) is 0. The average molecular weight is 753 g/mol. The van der Waals surface area contributed by atoms with Gasteiger partial charge in [0, 0.05) is 43.1 Å². The van der Waals surface area contributed by atoms with Crippen molar-refractivity contribution in [1.29, 1.82) is 0 Å². The Bertz CT molecular complexity index is 3090. The molecule has 58 heavy (non-hydrogen) atoms. The van der Waals surface area contributed by atoms with Gasteiger partial charge in [-0.3, -0.25) is 0 Å². The minimum atomic E-state index is 0.499. The second kappa shape index (κ2) is 12.6. The first kappa shape index (κ1) is 32.8. The molecule has 2 fully saturated rings.